The van der Waals surface area contributed by atoms with E-state index in [1.807, 2.05) is 26.8 Å². The zero-order valence-electron chi connectivity index (χ0n) is 10.3. The van der Waals surface area contributed by atoms with E-state index in [0.29, 0.717) is 5.02 Å². The molecule has 1 aromatic rings. The first-order valence-electron chi connectivity index (χ1n) is 5.52. The minimum atomic E-state index is -0.261. The van der Waals surface area contributed by atoms with E-state index >= 15 is 0 Å². The minimum absolute atomic E-state index is 0.261. The Morgan fingerprint density at radius 3 is 2.82 bits per heavy atom. The maximum absolute atomic E-state index is 11.6. The number of aryl methyl sites for hydroxylation is 1. The Bertz CT molecular complexity index is 441. The second-order valence-electron chi connectivity index (χ2n) is 3.90. The van der Waals surface area contributed by atoms with Crippen molar-refractivity contribution in [3.05, 3.63) is 40.6 Å². The summed E-state index contributed by atoms with van der Waals surface area (Å²) in [5.41, 5.74) is 2.81. The molecular formula is C13H17ClN2O. The molecule has 4 heteroatoms. The van der Waals surface area contributed by atoms with Crippen LogP contribution < -0.4 is 10.6 Å². The third-order valence-electron chi connectivity index (χ3n) is 2.46. The molecule has 0 heterocycles. The second kappa shape index (κ2) is 6.30. The maximum Gasteiger partial charge on any atom is 0.323 e. The maximum atomic E-state index is 11.6. The van der Waals surface area contributed by atoms with Gasteiger partial charge in [-0.25, -0.2) is 4.79 Å². The number of allylic oxidation sites excluding steroid dienone is 1. The average molecular weight is 253 g/mol. The van der Waals surface area contributed by atoms with E-state index in [-0.39, 0.29) is 6.03 Å². The zero-order valence-corrected chi connectivity index (χ0v) is 11.1. The summed E-state index contributed by atoms with van der Waals surface area (Å²) in [7, 11) is 0. The highest BCUT2D eigenvalue weighted by molar-refractivity contribution is 6.31. The first-order chi connectivity index (χ1) is 8.02. The van der Waals surface area contributed by atoms with Crippen LogP contribution in [0.25, 0.3) is 0 Å². The summed E-state index contributed by atoms with van der Waals surface area (Å²) < 4.78 is 0. The molecule has 0 aromatic heterocycles. The van der Waals surface area contributed by atoms with Crippen molar-refractivity contribution in [3.8, 4) is 0 Å². The molecule has 0 spiro atoms. The molecule has 3 nitrogen and oxygen atoms in total. The third kappa shape index (κ3) is 4.49. The molecule has 0 atom stereocenters. The first kappa shape index (κ1) is 13.6. The predicted octanol–water partition coefficient (Wildman–Crippen LogP) is 4.08. The third-order valence-corrected chi connectivity index (χ3v) is 2.69. The SMILES string of the molecule is CC/C(C)=C/NC(=O)Nc1cc(Cl)ccc1C. The number of carbonyl (C=O) groups excluding carboxylic acids is 1. The Labute approximate surface area is 107 Å². The van der Waals surface area contributed by atoms with Gasteiger partial charge in [0.2, 0.25) is 0 Å². The summed E-state index contributed by atoms with van der Waals surface area (Å²) >= 11 is 5.87. The van der Waals surface area contributed by atoms with Gasteiger partial charge < -0.3 is 10.6 Å². The average Bonchev–Trinajstić information content (AvgIpc) is 2.30. The van der Waals surface area contributed by atoms with E-state index in [1.165, 1.54) is 0 Å². The largest absolute Gasteiger partial charge is 0.323 e. The fourth-order valence-electron chi connectivity index (χ4n) is 1.18. The van der Waals surface area contributed by atoms with Crippen molar-refractivity contribution in [3.63, 3.8) is 0 Å². The van der Waals surface area contributed by atoms with Crippen molar-refractivity contribution in [1.29, 1.82) is 0 Å². The standard InChI is InChI=1S/C13H17ClN2O/c1-4-9(2)8-15-13(17)16-12-7-11(14)6-5-10(12)3/h5-8H,4H2,1-3H3,(H2,15,16,17)/b9-8+. The van der Waals surface area contributed by atoms with Gasteiger partial charge in [-0.3, -0.25) is 0 Å². The minimum Gasteiger partial charge on any atom is -0.314 e. The fourth-order valence-corrected chi connectivity index (χ4v) is 1.35. The monoisotopic (exact) mass is 252 g/mol. The molecule has 0 aliphatic heterocycles. The quantitative estimate of drug-likeness (QED) is 0.836. The molecule has 2 N–H and O–H groups in total. The van der Waals surface area contributed by atoms with E-state index in [4.69, 9.17) is 11.6 Å². The number of urea groups is 1. The van der Waals surface area contributed by atoms with E-state index in [9.17, 15) is 4.79 Å². The van der Waals surface area contributed by atoms with Gasteiger partial charge in [-0.1, -0.05) is 30.2 Å². The summed E-state index contributed by atoms with van der Waals surface area (Å²) in [6.07, 6.45) is 2.62. The number of hydrogen-bond donors (Lipinski definition) is 2. The lowest BCUT2D eigenvalue weighted by atomic mass is 10.2. The van der Waals surface area contributed by atoms with Gasteiger partial charge in [-0.15, -0.1) is 0 Å². The number of anilines is 1. The Morgan fingerprint density at radius 1 is 1.47 bits per heavy atom. The highest BCUT2D eigenvalue weighted by Gasteiger charge is 2.03. The summed E-state index contributed by atoms with van der Waals surface area (Å²) in [6.45, 7) is 5.91. The number of nitrogens with one attached hydrogen (secondary N) is 2. The molecule has 0 fully saturated rings. The number of amides is 2. The van der Waals surface area contributed by atoms with Gasteiger partial charge in [-0.05, 0) is 38.0 Å². The summed E-state index contributed by atoms with van der Waals surface area (Å²) in [5.74, 6) is 0. The highest BCUT2D eigenvalue weighted by atomic mass is 35.5. The molecule has 0 radical (unpaired) electrons. The van der Waals surface area contributed by atoms with Gasteiger partial charge in [0.1, 0.15) is 0 Å². The molecule has 1 aromatic carbocycles. The van der Waals surface area contributed by atoms with Crippen molar-refractivity contribution in [2.24, 2.45) is 0 Å². The molecule has 0 bridgehead atoms. The molecule has 0 saturated heterocycles. The molecule has 1 rings (SSSR count). The van der Waals surface area contributed by atoms with E-state index in [1.54, 1.807) is 18.3 Å². The van der Waals surface area contributed by atoms with Crippen molar-refractivity contribution in [2.45, 2.75) is 27.2 Å². The van der Waals surface area contributed by atoms with E-state index < -0.39 is 0 Å². The van der Waals surface area contributed by atoms with Crippen LogP contribution in [0.3, 0.4) is 0 Å². The Hall–Kier alpha value is -1.48. The number of halogens is 1. The molecule has 0 aliphatic carbocycles. The van der Waals surface area contributed by atoms with Crippen molar-refractivity contribution < 1.29 is 4.79 Å². The number of carbonyl (C=O) groups is 1. The molecular weight excluding hydrogens is 236 g/mol. The van der Waals surface area contributed by atoms with Crippen LogP contribution in [0.5, 0.6) is 0 Å². The number of rotatable bonds is 3. The van der Waals surface area contributed by atoms with Crippen LogP contribution in [0.2, 0.25) is 5.02 Å². The zero-order chi connectivity index (χ0) is 12.8. The van der Waals surface area contributed by atoms with E-state index in [0.717, 1.165) is 23.2 Å². The smallest absolute Gasteiger partial charge is 0.314 e. The van der Waals surface area contributed by atoms with Crippen molar-refractivity contribution in [2.75, 3.05) is 5.32 Å². The van der Waals surface area contributed by atoms with Gasteiger partial charge in [0.15, 0.2) is 0 Å². The predicted molar refractivity (Wildman–Crippen MR) is 72.4 cm³/mol. The van der Waals surface area contributed by atoms with E-state index in [2.05, 4.69) is 10.6 Å². The van der Waals surface area contributed by atoms with Gasteiger partial charge in [0, 0.05) is 16.9 Å². The fraction of sp³-hybridized carbons (Fsp3) is 0.308. The van der Waals surface area contributed by atoms with Crippen LogP contribution >= 0.6 is 11.6 Å². The summed E-state index contributed by atoms with van der Waals surface area (Å²) in [4.78, 5) is 11.6. The molecule has 92 valence electrons. The van der Waals surface area contributed by atoms with Crippen LogP contribution in [-0.2, 0) is 0 Å². The van der Waals surface area contributed by atoms with Crippen LogP contribution in [-0.4, -0.2) is 6.03 Å². The number of benzene rings is 1. The van der Waals surface area contributed by atoms with Crippen LogP contribution in [0, 0.1) is 6.92 Å². The molecule has 17 heavy (non-hydrogen) atoms. The second-order valence-corrected chi connectivity index (χ2v) is 4.34. The Balaban J connectivity index is 2.65. The molecule has 0 saturated carbocycles. The summed E-state index contributed by atoms with van der Waals surface area (Å²) in [6, 6.07) is 5.13. The van der Waals surface area contributed by atoms with Crippen LogP contribution in [0.15, 0.2) is 30.0 Å². The van der Waals surface area contributed by atoms with Gasteiger partial charge in [0.25, 0.3) is 0 Å². The molecule has 0 aliphatic rings. The Kier molecular flexibility index (Phi) is 5.04. The normalized spacial score (nSPS) is 11.2. The van der Waals surface area contributed by atoms with Crippen molar-refractivity contribution in [1.82, 2.24) is 5.32 Å². The van der Waals surface area contributed by atoms with Gasteiger partial charge in [0.05, 0.1) is 0 Å². The summed E-state index contributed by atoms with van der Waals surface area (Å²) in [5, 5.41) is 6.03. The highest BCUT2D eigenvalue weighted by Crippen LogP contribution is 2.19. The van der Waals surface area contributed by atoms with Crippen LogP contribution in [0.4, 0.5) is 10.5 Å². The lowest BCUT2D eigenvalue weighted by Gasteiger charge is -2.08. The number of hydrogen-bond acceptors (Lipinski definition) is 1. The van der Waals surface area contributed by atoms with Crippen molar-refractivity contribution >= 4 is 23.3 Å². The lowest BCUT2D eigenvalue weighted by molar-refractivity contribution is 0.255. The topological polar surface area (TPSA) is 41.1 Å². The lowest BCUT2D eigenvalue weighted by Crippen LogP contribution is -2.24. The Morgan fingerprint density at radius 2 is 2.18 bits per heavy atom. The molecule has 0 unspecified atom stereocenters. The van der Waals surface area contributed by atoms with Gasteiger partial charge in [-0.2, -0.15) is 0 Å². The first-order valence-corrected chi connectivity index (χ1v) is 5.90. The van der Waals surface area contributed by atoms with Gasteiger partial charge >= 0.3 is 6.03 Å². The molecule has 2 amide bonds. The van der Waals surface area contributed by atoms with Crippen LogP contribution in [0.1, 0.15) is 25.8 Å².